The zero-order valence-corrected chi connectivity index (χ0v) is 11.8. The molecule has 0 aliphatic rings. The van der Waals surface area contributed by atoms with Crippen molar-refractivity contribution in [3.63, 3.8) is 0 Å². The fourth-order valence-corrected chi connectivity index (χ4v) is 2.24. The molecule has 0 saturated carbocycles. The first-order valence-electron chi connectivity index (χ1n) is 5.71. The number of nitrogens with two attached hydrogens (primary N) is 1. The van der Waals surface area contributed by atoms with Gasteiger partial charge in [-0.3, -0.25) is 0 Å². The molecule has 0 aliphatic heterocycles. The second-order valence-electron chi connectivity index (χ2n) is 4.51. The third kappa shape index (κ3) is 5.26. The Balaban J connectivity index is 2.50. The minimum Gasteiger partial charge on any atom is -0.384 e. The van der Waals surface area contributed by atoms with Gasteiger partial charge in [0.1, 0.15) is 0 Å². The average molecular weight is 276 g/mol. The van der Waals surface area contributed by atoms with Crippen LogP contribution in [0.2, 0.25) is 10.0 Å². The molecule has 2 unspecified atom stereocenters. The molecule has 2 atom stereocenters. The molecule has 0 bridgehead atoms. The lowest BCUT2D eigenvalue weighted by molar-refractivity contribution is 0.152. The van der Waals surface area contributed by atoms with Crippen molar-refractivity contribution in [1.82, 2.24) is 0 Å². The first-order valence-corrected chi connectivity index (χ1v) is 6.47. The summed E-state index contributed by atoms with van der Waals surface area (Å²) in [6.07, 6.45) is 1.75. The molecule has 17 heavy (non-hydrogen) atoms. The molecule has 0 saturated heterocycles. The predicted octanol–water partition coefficient (Wildman–Crippen LogP) is 3.54. The van der Waals surface area contributed by atoms with Crippen molar-refractivity contribution in [3.05, 3.63) is 33.8 Å². The number of benzene rings is 1. The molecule has 96 valence electrons. The van der Waals surface area contributed by atoms with Gasteiger partial charge in [-0.1, -0.05) is 36.2 Å². The average Bonchev–Trinajstić information content (AvgIpc) is 2.23. The van der Waals surface area contributed by atoms with E-state index in [9.17, 15) is 0 Å². The summed E-state index contributed by atoms with van der Waals surface area (Å²) >= 11 is 11.8. The second-order valence-corrected chi connectivity index (χ2v) is 5.32. The Labute approximate surface area is 113 Å². The van der Waals surface area contributed by atoms with Crippen LogP contribution in [0.1, 0.15) is 18.9 Å². The van der Waals surface area contributed by atoms with Crippen molar-refractivity contribution in [2.24, 2.45) is 11.7 Å². The van der Waals surface area contributed by atoms with Gasteiger partial charge in [-0.2, -0.15) is 0 Å². The summed E-state index contributed by atoms with van der Waals surface area (Å²) < 4.78 is 5.10. The smallest absolute Gasteiger partial charge is 0.0595 e. The van der Waals surface area contributed by atoms with Crippen LogP contribution in [0.15, 0.2) is 18.2 Å². The molecule has 0 amide bonds. The van der Waals surface area contributed by atoms with Crippen molar-refractivity contribution in [3.8, 4) is 0 Å². The number of hydrogen-bond acceptors (Lipinski definition) is 2. The third-order valence-corrected chi connectivity index (χ3v) is 3.38. The molecule has 1 rings (SSSR count). The van der Waals surface area contributed by atoms with Crippen molar-refractivity contribution in [2.75, 3.05) is 13.7 Å². The van der Waals surface area contributed by atoms with Crippen LogP contribution in [-0.4, -0.2) is 19.8 Å². The lowest BCUT2D eigenvalue weighted by Crippen LogP contribution is -2.26. The summed E-state index contributed by atoms with van der Waals surface area (Å²) in [4.78, 5) is 0. The van der Waals surface area contributed by atoms with Crippen molar-refractivity contribution < 1.29 is 4.74 Å². The molecule has 0 aliphatic carbocycles. The van der Waals surface area contributed by atoms with E-state index >= 15 is 0 Å². The number of hydrogen-bond donors (Lipinski definition) is 1. The summed E-state index contributed by atoms with van der Waals surface area (Å²) in [7, 11) is 1.71. The quantitative estimate of drug-likeness (QED) is 0.862. The molecular formula is C13H19Cl2NO. The number of halogens is 2. The summed E-state index contributed by atoms with van der Waals surface area (Å²) in [5.74, 6) is 0.470. The van der Waals surface area contributed by atoms with Gasteiger partial charge in [-0.25, -0.2) is 0 Å². The molecule has 0 aromatic heterocycles. The molecular weight excluding hydrogens is 257 g/mol. The largest absolute Gasteiger partial charge is 0.384 e. The first-order chi connectivity index (χ1) is 8.02. The summed E-state index contributed by atoms with van der Waals surface area (Å²) in [6, 6.07) is 5.78. The molecule has 1 aromatic rings. The second kappa shape index (κ2) is 7.22. The van der Waals surface area contributed by atoms with Gasteiger partial charge < -0.3 is 10.5 Å². The maximum atomic E-state index is 6.09. The monoisotopic (exact) mass is 275 g/mol. The van der Waals surface area contributed by atoms with Gasteiger partial charge in [0.2, 0.25) is 0 Å². The van der Waals surface area contributed by atoms with Crippen molar-refractivity contribution in [1.29, 1.82) is 0 Å². The van der Waals surface area contributed by atoms with Gasteiger partial charge in [0.05, 0.1) is 10.0 Å². The molecule has 0 spiro atoms. The zero-order valence-electron chi connectivity index (χ0n) is 10.2. The Hall–Kier alpha value is -0.280. The highest BCUT2D eigenvalue weighted by atomic mass is 35.5. The molecule has 4 heteroatoms. The third-order valence-electron chi connectivity index (χ3n) is 2.64. The van der Waals surface area contributed by atoms with E-state index in [0.29, 0.717) is 16.0 Å². The standard InChI is InChI=1S/C13H19Cl2NO/c1-9(8-17-2)5-11(16)6-10-3-4-12(14)13(15)7-10/h3-4,7,9,11H,5-6,8,16H2,1-2H3. The van der Waals surface area contributed by atoms with Gasteiger partial charge in [0, 0.05) is 19.8 Å². The molecule has 2 N–H and O–H groups in total. The van der Waals surface area contributed by atoms with Gasteiger partial charge in [-0.15, -0.1) is 0 Å². The Bertz CT molecular complexity index is 357. The Morgan fingerprint density at radius 2 is 2.00 bits per heavy atom. The van der Waals surface area contributed by atoms with E-state index in [1.165, 1.54) is 0 Å². The molecule has 0 fully saturated rings. The Kier molecular flexibility index (Phi) is 6.28. The van der Waals surface area contributed by atoms with Crippen LogP contribution in [-0.2, 0) is 11.2 Å². The lowest BCUT2D eigenvalue weighted by atomic mass is 9.97. The number of methoxy groups -OCH3 is 1. The van der Waals surface area contributed by atoms with Crippen LogP contribution in [0.25, 0.3) is 0 Å². The minimum atomic E-state index is 0.123. The van der Waals surface area contributed by atoms with E-state index in [4.69, 9.17) is 33.7 Å². The van der Waals surface area contributed by atoms with Crippen LogP contribution in [0, 0.1) is 5.92 Å². The zero-order chi connectivity index (χ0) is 12.8. The van der Waals surface area contributed by atoms with E-state index < -0.39 is 0 Å². The van der Waals surface area contributed by atoms with Crippen molar-refractivity contribution >= 4 is 23.2 Å². The highest BCUT2D eigenvalue weighted by molar-refractivity contribution is 6.42. The van der Waals surface area contributed by atoms with E-state index in [-0.39, 0.29) is 6.04 Å². The van der Waals surface area contributed by atoms with Crippen LogP contribution in [0.3, 0.4) is 0 Å². The Morgan fingerprint density at radius 3 is 2.59 bits per heavy atom. The van der Waals surface area contributed by atoms with E-state index in [1.54, 1.807) is 7.11 Å². The maximum Gasteiger partial charge on any atom is 0.0595 e. The summed E-state index contributed by atoms with van der Waals surface area (Å²) in [5, 5.41) is 1.16. The van der Waals surface area contributed by atoms with Gasteiger partial charge in [-0.05, 0) is 36.5 Å². The lowest BCUT2D eigenvalue weighted by Gasteiger charge is -2.16. The van der Waals surface area contributed by atoms with Crippen molar-refractivity contribution in [2.45, 2.75) is 25.8 Å². The number of rotatable bonds is 6. The predicted molar refractivity (Wildman–Crippen MR) is 73.8 cm³/mol. The minimum absolute atomic E-state index is 0.123. The summed E-state index contributed by atoms with van der Waals surface area (Å²) in [5.41, 5.74) is 7.22. The van der Waals surface area contributed by atoms with E-state index in [2.05, 4.69) is 6.92 Å². The molecule has 1 aromatic carbocycles. The molecule has 2 nitrogen and oxygen atoms in total. The van der Waals surface area contributed by atoms with Crippen LogP contribution >= 0.6 is 23.2 Å². The molecule has 0 heterocycles. The van der Waals surface area contributed by atoms with Gasteiger partial charge in [0.15, 0.2) is 0 Å². The molecule has 0 radical (unpaired) electrons. The first kappa shape index (κ1) is 14.8. The summed E-state index contributed by atoms with van der Waals surface area (Å²) in [6.45, 7) is 2.88. The number of ether oxygens (including phenoxy) is 1. The van der Waals surface area contributed by atoms with Gasteiger partial charge in [0.25, 0.3) is 0 Å². The Morgan fingerprint density at radius 1 is 1.29 bits per heavy atom. The maximum absolute atomic E-state index is 6.09. The fourth-order valence-electron chi connectivity index (χ4n) is 1.92. The van der Waals surface area contributed by atoms with Crippen LogP contribution < -0.4 is 5.73 Å². The van der Waals surface area contributed by atoms with Crippen LogP contribution in [0.4, 0.5) is 0 Å². The highest BCUT2D eigenvalue weighted by Crippen LogP contribution is 2.23. The topological polar surface area (TPSA) is 35.2 Å². The van der Waals surface area contributed by atoms with E-state index in [0.717, 1.165) is 25.0 Å². The van der Waals surface area contributed by atoms with Crippen LogP contribution in [0.5, 0.6) is 0 Å². The normalized spacial score (nSPS) is 14.6. The SMILES string of the molecule is COCC(C)CC(N)Cc1ccc(Cl)c(Cl)c1. The van der Waals surface area contributed by atoms with E-state index in [1.807, 2.05) is 18.2 Å². The van der Waals surface area contributed by atoms with Gasteiger partial charge >= 0.3 is 0 Å². The highest BCUT2D eigenvalue weighted by Gasteiger charge is 2.10. The fraction of sp³-hybridized carbons (Fsp3) is 0.538.